The Bertz CT molecular complexity index is 785. The minimum Gasteiger partial charge on any atom is -0.255 e. The van der Waals surface area contributed by atoms with E-state index in [1.807, 2.05) is 26.0 Å². The van der Waals surface area contributed by atoms with E-state index in [9.17, 15) is 13.2 Å². The molecule has 0 saturated heterocycles. The van der Waals surface area contributed by atoms with E-state index in [1.165, 1.54) is 12.3 Å². The molecule has 27 heavy (non-hydrogen) atoms. The average Bonchev–Trinajstić information content (AvgIpc) is 2.60. The summed E-state index contributed by atoms with van der Waals surface area (Å²) in [6, 6.07) is 8.35. The molecule has 0 saturated carbocycles. The molecule has 0 aliphatic carbocycles. The fourth-order valence-corrected chi connectivity index (χ4v) is 3.36. The molecule has 2 aromatic rings. The van der Waals surface area contributed by atoms with Crippen molar-refractivity contribution in [2.75, 3.05) is 0 Å². The Balaban J connectivity index is 2.22. The maximum atomic E-state index is 14.3. The van der Waals surface area contributed by atoms with E-state index in [1.54, 1.807) is 12.1 Å². The summed E-state index contributed by atoms with van der Waals surface area (Å²) in [5, 5.41) is 0. The van der Waals surface area contributed by atoms with Crippen molar-refractivity contribution in [2.45, 2.75) is 64.2 Å². The van der Waals surface area contributed by atoms with Gasteiger partial charge in [-0.3, -0.25) is 4.98 Å². The smallest absolute Gasteiger partial charge is 0.255 e. The van der Waals surface area contributed by atoms with E-state index in [4.69, 9.17) is 6.42 Å². The molecule has 1 aromatic heterocycles. The predicted molar refractivity (Wildman–Crippen MR) is 103 cm³/mol. The number of hydrogen-bond acceptors (Lipinski definition) is 1. The van der Waals surface area contributed by atoms with Crippen LogP contribution in [0.4, 0.5) is 13.2 Å². The lowest BCUT2D eigenvalue weighted by atomic mass is 9.83. The predicted octanol–water partition coefficient (Wildman–Crippen LogP) is 6.72. The Morgan fingerprint density at radius 1 is 1.22 bits per heavy atom. The van der Waals surface area contributed by atoms with Gasteiger partial charge in [-0.25, -0.2) is 4.39 Å². The van der Waals surface area contributed by atoms with Crippen LogP contribution in [0.1, 0.15) is 73.8 Å². The van der Waals surface area contributed by atoms with Gasteiger partial charge in [0.05, 0.1) is 0 Å². The normalized spacial score (nSPS) is 13.8. The minimum atomic E-state index is -2.96. The summed E-state index contributed by atoms with van der Waals surface area (Å²) in [6.07, 6.45) is 9.87. The Morgan fingerprint density at radius 2 is 1.96 bits per heavy atom. The second-order valence-electron chi connectivity index (χ2n) is 7.32. The van der Waals surface area contributed by atoms with Crippen LogP contribution < -0.4 is 0 Å². The molecule has 0 spiro atoms. The molecule has 0 amide bonds. The number of unbranched alkanes of at least 4 members (excludes halogenated alkanes) is 1. The summed E-state index contributed by atoms with van der Waals surface area (Å²) in [5.41, 5.74) is 2.20. The first kappa shape index (κ1) is 21.0. The first-order valence-electron chi connectivity index (χ1n) is 9.26. The fourth-order valence-electron chi connectivity index (χ4n) is 3.36. The van der Waals surface area contributed by atoms with Crippen molar-refractivity contribution < 1.29 is 13.2 Å². The lowest BCUT2D eigenvalue weighted by Crippen LogP contribution is -2.11. The highest BCUT2D eigenvalue weighted by Gasteiger charge is 2.26. The van der Waals surface area contributed by atoms with Crippen LogP contribution >= 0.6 is 0 Å². The molecule has 0 bridgehead atoms. The lowest BCUT2D eigenvalue weighted by Gasteiger charge is -2.22. The Kier molecular flexibility index (Phi) is 7.07. The summed E-state index contributed by atoms with van der Waals surface area (Å²) in [4.78, 5) is 3.94. The van der Waals surface area contributed by atoms with Crippen molar-refractivity contribution in [3.8, 4) is 12.3 Å². The van der Waals surface area contributed by atoms with E-state index in [2.05, 4.69) is 10.9 Å². The molecule has 0 fully saturated rings. The first-order valence-corrected chi connectivity index (χ1v) is 9.26. The van der Waals surface area contributed by atoms with E-state index < -0.39 is 5.92 Å². The van der Waals surface area contributed by atoms with Crippen LogP contribution in [0, 0.1) is 25.1 Å². The highest BCUT2D eigenvalue weighted by molar-refractivity contribution is 5.27. The standard InChI is InChI=1S/C23H26F3N/c1-5-6-7-8-18(19-10-12-22(27-15-19)23(4,25)26)14-17(3)20-11-9-16(2)13-21(20)24/h1,9-13,15,17-18H,6-8,14H2,2-4H3. The van der Waals surface area contributed by atoms with Gasteiger partial charge in [0.2, 0.25) is 0 Å². The average molecular weight is 373 g/mol. The largest absolute Gasteiger partial charge is 0.286 e. The topological polar surface area (TPSA) is 12.9 Å². The van der Waals surface area contributed by atoms with Crippen LogP contribution in [0.5, 0.6) is 0 Å². The van der Waals surface area contributed by atoms with Crippen LogP contribution in [-0.4, -0.2) is 4.98 Å². The third-order valence-corrected chi connectivity index (χ3v) is 4.91. The fraction of sp³-hybridized carbons (Fsp3) is 0.435. The molecule has 1 aromatic carbocycles. The number of alkyl halides is 2. The van der Waals surface area contributed by atoms with Gasteiger partial charge >= 0.3 is 0 Å². The van der Waals surface area contributed by atoms with Gasteiger partial charge in [-0.05, 0) is 66.8 Å². The number of pyridine rings is 1. The molecular weight excluding hydrogens is 347 g/mol. The Morgan fingerprint density at radius 3 is 2.52 bits per heavy atom. The zero-order chi connectivity index (χ0) is 20.0. The van der Waals surface area contributed by atoms with Gasteiger partial charge in [0.25, 0.3) is 5.92 Å². The van der Waals surface area contributed by atoms with Crippen molar-refractivity contribution in [2.24, 2.45) is 0 Å². The maximum Gasteiger partial charge on any atom is 0.286 e. The van der Waals surface area contributed by atoms with Crippen LogP contribution in [0.25, 0.3) is 0 Å². The highest BCUT2D eigenvalue weighted by Crippen LogP contribution is 2.35. The quantitative estimate of drug-likeness (QED) is 0.370. The summed E-state index contributed by atoms with van der Waals surface area (Å²) in [7, 11) is 0. The summed E-state index contributed by atoms with van der Waals surface area (Å²) < 4.78 is 41.2. The van der Waals surface area contributed by atoms with Crippen LogP contribution in [-0.2, 0) is 5.92 Å². The van der Waals surface area contributed by atoms with Gasteiger partial charge in [0.15, 0.2) is 0 Å². The summed E-state index contributed by atoms with van der Waals surface area (Å²) >= 11 is 0. The zero-order valence-electron chi connectivity index (χ0n) is 16.1. The maximum absolute atomic E-state index is 14.3. The molecule has 144 valence electrons. The number of nitrogens with zero attached hydrogens (tertiary/aromatic N) is 1. The van der Waals surface area contributed by atoms with E-state index >= 15 is 0 Å². The molecule has 2 unspecified atom stereocenters. The molecule has 0 aliphatic rings. The van der Waals surface area contributed by atoms with Crippen molar-refractivity contribution in [3.05, 3.63) is 64.7 Å². The van der Waals surface area contributed by atoms with Crippen LogP contribution in [0.3, 0.4) is 0 Å². The van der Waals surface area contributed by atoms with Crippen molar-refractivity contribution in [1.29, 1.82) is 0 Å². The molecular formula is C23H26F3N. The molecule has 1 nitrogen and oxygen atoms in total. The molecule has 1 heterocycles. The number of rotatable bonds is 8. The molecule has 2 rings (SSSR count). The Hall–Kier alpha value is -2.28. The molecule has 0 aliphatic heterocycles. The van der Waals surface area contributed by atoms with Crippen molar-refractivity contribution >= 4 is 0 Å². The lowest BCUT2D eigenvalue weighted by molar-refractivity contribution is 0.0127. The number of benzene rings is 1. The third kappa shape index (κ3) is 5.85. The zero-order valence-corrected chi connectivity index (χ0v) is 16.1. The van der Waals surface area contributed by atoms with E-state index in [-0.39, 0.29) is 23.3 Å². The number of halogens is 3. The first-order chi connectivity index (χ1) is 12.7. The number of aryl methyl sites for hydroxylation is 1. The number of terminal acetylenes is 1. The highest BCUT2D eigenvalue weighted by atomic mass is 19.3. The van der Waals surface area contributed by atoms with Crippen LogP contribution in [0.15, 0.2) is 36.5 Å². The summed E-state index contributed by atoms with van der Waals surface area (Å²) in [6.45, 7) is 4.68. The second-order valence-corrected chi connectivity index (χ2v) is 7.32. The number of aromatic nitrogens is 1. The summed E-state index contributed by atoms with van der Waals surface area (Å²) in [5.74, 6) is -0.460. The molecule has 0 N–H and O–H groups in total. The van der Waals surface area contributed by atoms with Crippen molar-refractivity contribution in [3.63, 3.8) is 0 Å². The third-order valence-electron chi connectivity index (χ3n) is 4.91. The van der Waals surface area contributed by atoms with Gasteiger partial charge in [-0.15, -0.1) is 12.3 Å². The SMILES string of the molecule is C#CCCCC(CC(C)c1ccc(C)cc1F)c1ccc(C(C)(F)F)nc1. The van der Waals surface area contributed by atoms with Crippen LogP contribution in [0.2, 0.25) is 0 Å². The minimum absolute atomic E-state index is 0.00581. The van der Waals surface area contributed by atoms with Crippen molar-refractivity contribution in [1.82, 2.24) is 4.98 Å². The Labute approximate surface area is 160 Å². The monoisotopic (exact) mass is 373 g/mol. The van der Waals surface area contributed by atoms with Gasteiger partial charge in [-0.1, -0.05) is 25.1 Å². The van der Waals surface area contributed by atoms with Gasteiger partial charge < -0.3 is 0 Å². The number of hydrogen-bond donors (Lipinski definition) is 0. The van der Waals surface area contributed by atoms with E-state index in [0.29, 0.717) is 18.4 Å². The molecule has 4 heteroatoms. The molecule has 0 radical (unpaired) electrons. The van der Waals surface area contributed by atoms with Gasteiger partial charge in [-0.2, -0.15) is 8.78 Å². The second kappa shape index (κ2) is 9.08. The van der Waals surface area contributed by atoms with Gasteiger partial charge in [0, 0.05) is 19.5 Å². The molecule has 2 atom stereocenters. The van der Waals surface area contributed by atoms with E-state index in [0.717, 1.165) is 30.9 Å². The van der Waals surface area contributed by atoms with Gasteiger partial charge in [0.1, 0.15) is 11.5 Å².